The SMILES string of the molecule is O=c1ccn([C@@H]2O[C@H](COP(=O)(O)OP(=O)(O)OP(=O)([O-])O)C3(CO3)[C@H]2O)c(=O)[nH]1. The van der Waals surface area contributed by atoms with Crippen molar-refractivity contribution >= 4 is 23.5 Å². The Morgan fingerprint density at radius 2 is 1.87 bits per heavy atom. The minimum absolute atomic E-state index is 0.112. The molecule has 7 atom stereocenters. The van der Waals surface area contributed by atoms with Gasteiger partial charge in [0.05, 0.1) is 13.2 Å². The number of aliphatic hydroxyl groups is 1. The van der Waals surface area contributed by atoms with Crippen molar-refractivity contribution in [3.63, 3.8) is 0 Å². The van der Waals surface area contributed by atoms with Gasteiger partial charge >= 0.3 is 21.3 Å². The summed E-state index contributed by atoms with van der Waals surface area (Å²) < 4.78 is 56.4. The molecule has 2 fully saturated rings. The molecule has 17 nitrogen and oxygen atoms in total. The summed E-state index contributed by atoms with van der Waals surface area (Å²) >= 11 is 0. The highest BCUT2D eigenvalue weighted by molar-refractivity contribution is 7.66. The van der Waals surface area contributed by atoms with E-state index in [0.717, 1.165) is 16.8 Å². The maximum atomic E-state index is 11.9. The van der Waals surface area contributed by atoms with Crippen molar-refractivity contribution in [1.29, 1.82) is 0 Å². The quantitative estimate of drug-likeness (QED) is 0.181. The lowest BCUT2D eigenvalue weighted by Crippen LogP contribution is -2.40. The number of hydrogen-bond acceptors (Lipinski definition) is 12. The summed E-state index contributed by atoms with van der Waals surface area (Å²) in [6.45, 7) is -1.01. The molecule has 0 amide bonds. The fourth-order valence-corrected chi connectivity index (χ4v) is 5.70. The molecule has 170 valence electrons. The van der Waals surface area contributed by atoms with Gasteiger partial charge < -0.3 is 34.2 Å². The number of H-pyrrole nitrogens is 1. The van der Waals surface area contributed by atoms with Gasteiger partial charge in [0, 0.05) is 12.3 Å². The van der Waals surface area contributed by atoms with E-state index in [0.29, 0.717) is 0 Å². The highest BCUT2D eigenvalue weighted by Crippen LogP contribution is 2.65. The molecule has 0 radical (unpaired) electrons. The number of ether oxygens (including phenoxy) is 2. The molecule has 0 aliphatic carbocycles. The van der Waals surface area contributed by atoms with E-state index in [9.17, 15) is 38.2 Å². The standard InChI is InChI=1S/C10H15N2O15P3/c13-6-1-2-12(9(15)11-6)8-7(14)10(4-23-10)5(25-8)3-24-29(19,20)27-30(21,22)26-28(16,17)18/h1-2,5,7-8,14H,3-4H2,(H,19,20)(H,21,22)(H,11,13,15)(H2,16,17,18)/p-1/t5-,7+,8-,10?/m1/s1. The summed E-state index contributed by atoms with van der Waals surface area (Å²) in [6.07, 6.45) is -3.15. The van der Waals surface area contributed by atoms with E-state index in [-0.39, 0.29) is 6.61 Å². The Hall–Kier alpha value is -1.03. The van der Waals surface area contributed by atoms with Crippen molar-refractivity contribution in [3.8, 4) is 0 Å². The van der Waals surface area contributed by atoms with Crippen LogP contribution in [0.1, 0.15) is 6.23 Å². The maximum Gasteiger partial charge on any atom is 0.487 e. The van der Waals surface area contributed by atoms with Gasteiger partial charge in [-0.3, -0.25) is 23.4 Å². The number of aromatic nitrogens is 2. The normalized spacial score (nSPS) is 34.2. The molecule has 3 rings (SSSR count). The lowest BCUT2D eigenvalue weighted by molar-refractivity contribution is -0.212. The van der Waals surface area contributed by atoms with Crippen molar-refractivity contribution in [2.75, 3.05) is 13.2 Å². The average molecular weight is 495 g/mol. The van der Waals surface area contributed by atoms with Crippen molar-refractivity contribution in [1.82, 2.24) is 9.55 Å². The van der Waals surface area contributed by atoms with Crippen LogP contribution in [0.5, 0.6) is 0 Å². The Labute approximate surface area is 165 Å². The lowest BCUT2D eigenvalue weighted by atomic mass is 9.99. The van der Waals surface area contributed by atoms with Crippen LogP contribution in [-0.2, 0) is 36.3 Å². The molecule has 2 saturated heterocycles. The zero-order chi connectivity index (χ0) is 22.5. The largest absolute Gasteiger partial charge is 0.756 e. The summed E-state index contributed by atoms with van der Waals surface area (Å²) in [5.41, 5.74) is -3.10. The molecule has 0 saturated carbocycles. The monoisotopic (exact) mass is 495 g/mol. The van der Waals surface area contributed by atoms with Gasteiger partial charge in [-0.05, 0) is 0 Å². The highest BCUT2D eigenvalue weighted by atomic mass is 31.3. The van der Waals surface area contributed by atoms with Gasteiger partial charge in [-0.25, -0.2) is 18.2 Å². The number of phosphoric ester groups is 1. The number of epoxide rings is 1. The van der Waals surface area contributed by atoms with Crippen LogP contribution in [0.25, 0.3) is 0 Å². The Balaban J connectivity index is 1.70. The van der Waals surface area contributed by atoms with Crippen LogP contribution in [0, 0.1) is 0 Å². The first-order valence-corrected chi connectivity index (χ1v) is 12.2. The minimum atomic E-state index is -5.79. The predicted molar refractivity (Wildman–Crippen MR) is 87.5 cm³/mol. The second kappa shape index (κ2) is 7.83. The topological polar surface area (TPSA) is 260 Å². The number of aromatic amines is 1. The molecule has 2 aliphatic heterocycles. The van der Waals surface area contributed by atoms with Crippen molar-refractivity contribution in [2.45, 2.75) is 24.0 Å². The van der Waals surface area contributed by atoms with Crippen LogP contribution in [0.3, 0.4) is 0 Å². The fraction of sp³-hybridized carbons (Fsp3) is 0.600. The van der Waals surface area contributed by atoms with Crippen LogP contribution in [0.2, 0.25) is 0 Å². The molecule has 30 heavy (non-hydrogen) atoms. The average Bonchev–Trinajstić information content (AvgIpc) is 3.28. The number of nitrogens with one attached hydrogen (secondary N) is 1. The molecule has 0 aromatic carbocycles. The molecule has 1 aromatic heterocycles. The smallest absolute Gasteiger partial charge is 0.487 e. The molecule has 2 aliphatic rings. The fourth-order valence-electron chi connectivity index (χ4n) is 2.72. The van der Waals surface area contributed by atoms with E-state index in [1.807, 2.05) is 4.98 Å². The van der Waals surface area contributed by atoms with Crippen molar-refractivity contribution in [3.05, 3.63) is 33.1 Å². The highest BCUT2D eigenvalue weighted by Gasteiger charge is 2.66. The number of rotatable bonds is 8. The summed E-state index contributed by atoms with van der Waals surface area (Å²) in [5.74, 6) is 0. The van der Waals surface area contributed by atoms with Crippen LogP contribution in [0.15, 0.2) is 21.9 Å². The molecule has 3 heterocycles. The molecule has 1 spiro atoms. The Morgan fingerprint density at radius 1 is 1.23 bits per heavy atom. The first-order chi connectivity index (χ1) is 13.6. The Kier molecular flexibility index (Phi) is 6.17. The molecular formula is C10H14N2O15P3-. The zero-order valence-electron chi connectivity index (χ0n) is 14.4. The first-order valence-electron chi connectivity index (χ1n) is 7.70. The summed E-state index contributed by atoms with van der Waals surface area (Å²) in [4.78, 5) is 62.4. The Bertz CT molecular complexity index is 1070. The summed E-state index contributed by atoms with van der Waals surface area (Å²) in [5, 5.41) is 10.4. The molecule has 1 aromatic rings. The van der Waals surface area contributed by atoms with Crippen LogP contribution in [0.4, 0.5) is 0 Å². The third-order valence-electron chi connectivity index (χ3n) is 4.02. The lowest BCUT2D eigenvalue weighted by Gasteiger charge is -2.21. The van der Waals surface area contributed by atoms with Crippen LogP contribution < -0.4 is 16.1 Å². The van der Waals surface area contributed by atoms with Gasteiger partial charge in [0.15, 0.2) is 11.8 Å². The third-order valence-corrected chi connectivity index (χ3v) is 7.80. The molecule has 20 heteroatoms. The van der Waals surface area contributed by atoms with Crippen LogP contribution >= 0.6 is 23.5 Å². The van der Waals surface area contributed by atoms with Gasteiger partial charge in [0.2, 0.25) is 0 Å². The van der Waals surface area contributed by atoms with E-state index in [1.54, 1.807) is 0 Å². The zero-order valence-corrected chi connectivity index (χ0v) is 17.1. The van der Waals surface area contributed by atoms with Gasteiger partial charge in [0.25, 0.3) is 13.4 Å². The van der Waals surface area contributed by atoms with Crippen molar-refractivity contribution < 1.29 is 61.0 Å². The van der Waals surface area contributed by atoms with Gasteiger partial charge in [-0.2, -0.15) is 4.31 Å². The van der Waals surface area contributed by atoms with Gasteiger partial charge in [0.1, 0.15) is 12.2 Å². The molecule has 4 unspecified atom stereocenters. The first kappa shape index (κ1) is 23.6. The summed E-state index contributed by atoms with van der Waals surface area (Å²) in [7, 11) is -17.0. The molecule has 0 bridgehead atoms. The number of aliphatic hydroxyl groups excluding tert-OH is 1. The maximum absolute atomic E-state index is 11.9. The Morgan fingerprint density at radius 3 is 2.40 bits per heavy atom. The van der Waals surface area contributed by atoms with E-state index in [4.69, 9.17) is 19.3 Å². The van der Waals surface area contributed by atoms with Crippen molar-refractivity contribution in [2.24, 2.45) is 0 Å². The third kappa shape index (κ3) is 5.23. The predicted octanol–water partition coefficient (Wildman–Crippen LogP) is -2.72. The molecule has 5 N–H and O–H groups in total. The second-order valence-corrected chi connectivity index (χ2v) is 10.5. The second-order valence-electron chi connectivity index (χ2n) is 6.09. The minimum Gasteiger partial charge on any atom is -0.756 e. The van der Waals surface area contributed by atoms with E-state index in [1.165, 1.54) is 0 Å². The number of phosphoric acid groups is 3. The van der Waals surface area contributed by atoms with E-state index in [2.05, 4.69) is 13.1 Å². The number of hydrogen-bond donors (Lipinski definition) is 5. The van der Waals surface area contributed by atoms with Gasteiger partial charge in [-0.1, -0.05) is 0 Å². The van der Waals surface area contributed by atoms with Gasteiger partial charge in [-0.15, -0.1) is 0 Å². The number of nitrogens with zero attached hydrogens (tertiary/aromatic N) is 1. The van der Waals surface area contributed by atoms with Crippen LogP contribution in [-0.4, -0.2) is 60.4 Å². The van der Waals surface area contributed by atoms with E-state index < -0.39 is 65.4 Å². The molecular weight excluding hydrogens is 481 g/mol. The van der Waals surface area contributed by atoms with E-state index >= 15 is 0 Å². The summed E-state index contributed by atoms with van der Waals surface area (Å²) in [6, 6.07) is 0.978.